The first-order valence-corrected chi connectivity index (χ1v) is 10.1. The molecule has 2 aromatic rings. The summed E-state index contributed by atoms with van der Waals surface area (Å²) in [5.74, 6) is -1.14. The summed E-state index contributed by atoms with van der Waals surface area (Å²) in [4.78, 5) is 25.3. The summed E-state index contributed by atoms with van der Waals surface area (Å²) in [5, 5.41) is 16.6. The molecule has 1 aromatic carbocycles. The zero-order valence-electron chi connectivity index (χ0n) is 16.4. The molecular formula is C22H29N3O3. The molecule has 0 aliphatic heterocycles. The number of aromatic nitrogens is 2. The van der Waals surface area contributed by atoms with E-state index in [1.165, 1.54) is 0 Å². The minimum atomic E-state index is -0.771. The van der Waals surface area contributed by atoms with E-state index < -0.39 is 5.97 Å². The third kappa shape index (κ3) is 5.21. The van der Waals surface area contributed by atoms with Gasteiger partial charge in [0.1, 0.15) is 0 Å². The number of carbonyl (C=O) groups is 2. The predicted molar refractivity (Wildman–Crippen MR) is 108 cm³/mol. The standard InChI is InChI=1S/C22H29N3O3/c1-25(21(26)17-11-12-18(14-17)22(27)28)13-7-3-6-10-19-15-20(24-23-19)16-8-4-2-5-9-16/h2,4-5,8-9,15,17-18H,3,6-7,10-14H2,1H3,(H,23,24)(H,27,28)/t17-,18+/m1/s1. The number of carboxylic acids is 1. The Kier molecular flexibility index (Phi) is 6.85. The molecular weight excluding hydrogens is 354 g/mol. The molecule has 2 atom stereocenters. The molecule has 6 nitrogen and oxygen atoms in total. The van der Waals surface area contributed by atoms with Crippen molar-refractivity contribution in [2.45, 2.75) is 44.9 Å². The fourth-order valence-electron chi connectivity index (χ4n) is 3.94. The third-order valence-corrected chi connectivity index (χ3v) is 5.65. The van der Waals surface area contributed by atoms with Crippen LogP contribution < -0.4 is 0 Å². The van der Waals surface area contributed by atoms with Crippen molar-refractivity contribution in [1.29, 1.82) is 0 Å². The Labute approximate surface area is 166 Å². The van der Waals surface area contributed by atoms with Crippen LogP contribution in [0.5, 0.6) is 0 Å². The van der Waals surface area contributed by atoms with Gasteiger partial charge in [-0.05, 0) is 44.6 Å². The summed E-state index contributed by atoms with van der Waals surface area (Å²) in [6.45, 7) is 0.727. The third-order valence-electron chi connectivity index (χ3n) is 5.65. The van der Waals surface area contributed by atoms with Gasteiger partial charge in [0.25, 0.3) is 0 Å². The van der Waals surface area contributed by atoms with Crippen LogP contribution in [0.1, 0.15) is 44.2 Å². The van der Waals surface area contributed by atoms with Crippen LogP contribution in [0.4, 0.5) is 0 Å². The van der Waals surface area contributed by atoms with E-state index in [0.717, 1.165) is 49.2 Å². The Bertz CT molecular complexity index is 787. The molecule has 0 bridgehead atoms. The predicted octanol–water partition coefficient (Wildman–Crippen LogP) is 3.75. The molecule has 1 amide bonds. The molecule has 1 saturated carbocycles. The molecule has 0 radical (unpaired) electrons. The van der Waals surface area contributed by atoms with Crippen molar-refractivity contribution >= 4 is 11.9 Å². The van der Waals surface area contributed by atoms with Crippen LogP contribution in [0.3, 0.4) is 0 Å². The summed E-state index contributed by atoms with van der Waals surface area (Å²) in [5.41, 5.74) is 3.22. The number of hydrogen-bond donors (Lipinski definition) is 2. The number of carbonyl (C=O) groups excluding carboxylic acids is 1. The van der Waals surface area contributed by atoms with Crippen LogP contribution in [-0.2, 0) is 16.0 Å². The lowest BCUT2D eigenvalue weighted by Crippen LogP contribution is -2.33. The molecule has 150 valence electrons. The maximum atomic E-state index is 12.5. The summed E-state index contributed by atoms with van der Waals surface area (Å²) in [6, 6.07) is 12.2. The lowest BCUT2D eigenvalue weighted by Gasteiger charge is -2.21. The van der Waals surface area contributed by atoms with Gasteiger partial charge in [-0.3, -0.25) is 14.7 Å². The number of nitrogens with zero attached hydrogens (tertiary/aromatic N) is 2. The van der Waals surface area contributed by atoms with E-state index in [1.54, 1.807) is 4.90 Å². The zero-order chi connectivity index (χ0) is 19.9. The highest BCUT2D eigenvalue weighted by molar-refractivity contribution is 5.80. The van der Waals surface area contributed by atoms with E-state index >= 15 is 0 Å². The van der Waals surface area contributed by atoms with Crippen LogP contribution in [0.25, 0.3) is 11.3 Å². The molecule has 0 unspecified atom stereocenters. The number of carboxylic acid groups (broad SMARTS) is 1. The first-order valence-electron chi connectivity index (χ1n) is 10.1. The highest BCUT2D eigenvalue weighted by atomic mass is 16.4. The summed E-state index contributed by atoms with van der Waals surface area (Å²) < 4.78 is 0. The van der Waals surface area contributed by atoms with E-state index in [-0.39, 0.29) is 17.7 Å². The fraction of sp³-hybridized carbons (Fsp3) is 0.500. The van der Waals surface area contributed by atoms with Crippen molar-refractivity contribution in [3.8, 4) is 11.3 Å². The Balaban J connectivity index is 1.34. The molecule has 1 aliphatic carbocycles. The summed E-state index contributed by atoms with van der Waals surface area (Å²) in [7, 11) is 1.83. The van der Waals surface area contributed by atoms with Crippen LogP contribution >= 0.6 is 0 Å². The summed E-state index contributed by atoms with van der Waals surface area (Å²) >= 11 is 0. The van der Waals surface area contributed by atoms with Crippen LogP contribution in [-0.4, -0.2) is 45.7 Å². The van der Waals surface area contributed by atoms with E-state index in [9.17, 15) is 9.59 Å². The zero-order valence-corrected chi connectivity index (χ0v) is 16.4. The Hall–Kier alpha value is -2.63. The Morgan fingerprint density at radius 3 is 2.61 bits per heavy atom. The van der Waals surface area contributed by atoms with E-state index in [2.05, 4.69) is 28.4 Å². The molecule has 3 rings (SSSR count). The number of aliphatic carboxylic acids is 1. The highest BCUT2D eigenvalue weighted by Gasteiger charge is 2.34. The first kappa shape index (κ1) is 20.1. The van der Waals surface area contributed by atoms with Gasteiger partial charge >= 0.3 is 5.97 Å². The largest absolute Gasteiger partial charge is 0.481 e. The molecule has 1 aromatic heterocycles. The van der Waals surface area contributed by atoms with Crippen molar-refractivity contribution in [3.05, 3.63) is 42.1 Å². The van der Waals surface area contributed by atoms with Gasteiger partial charge in [-0.15, -0.1) is 0 Å². The van der Waals surface area contributed by atoms with E-state index in [1.807, 2.05) is 25.2 Å². The average molecular weight is 383 g/mol. The minimum Gasteiger partial charge on any atom is -0.481 e. The van der Waals surface area contributed by atoms with Crippen LogP contribution in [0.15, 0.2) is 36.4 Å². The lowest BCUT2D eigenvalue weighted by atomic mass is 10.0. The minimum absolute atomic E-state index is 0.102. The number of hydrogen-bond acceptors (Lipinski definition) is 3. The summed E-state index contributed by atoms with van der Waals surface area (Å²) in [6.07, 6.45) is 5.79. The van der Waals surface area contributed by atoms with Crippen molar-refractivity contribution in [1.82, 2.24) is 15.1 Å². The number of unbranched alkanes of at least 4 members (excludes halogenated alkanes) is 2. The fourth-order valence-corrected chi connectivity index (χ4v) is 3.94. The smallest absolute Gasteiger partial charge is 0.306 e. The van der Waals surface area contributed by atoms with Gasteiger partial charge in [0.05, 0.1) is 11.6 Å². The number of benzene rings is 1. The highest BCUT2D eigenvalue weighted by Crippen LogP contribution is 2.32. The van der Waals surface area contributed by atoms with Gasteiger partial charge in [0.15, 0.2) is 0 Å². The second-order valence-corrected chi connectivity index (χ2v) is 7.76. The monoisotopic (exact) mass is 383 g/mol. The second-order valence-electron chi connectivity index (χ2n) is 7.76. The van der Waals surface area contributed by atoms with Crippen molar-refractivity contribution in [2.75, 3.05) is 13.6 Å². The molecule has 1 aliphatic rings. The molecule has 2 N–H and O–H groups in total. The Morgan fingerprint density at radius 1 is 1.14 bits per heavy atom. The molecule has 6 heteroatoms. The number of aryl methyl sites for hydroxylation is 1. The van der Waals surface area contributed by atoms with Crippen LogP contribution in [0, 0.1) is 11.8 Å². The quantitative estimate of drug-likeness (QED) is 0.646. The van der Waals surface area contributed by atoms with Crippen molar-refractivity contribution < 1.29 is 14.7 Å². The van der Waals surface area contributed by atoms with Gasteiger partial charge in [-0.25, -0.2) is 0 Å². The number of aromatic amines is 1. The number of nitrogens with one attached hydrogen (secondary N) is 1. The average Bonchev–Trinajstić information content (AvgIpc) is 3.37. The molecule has 1 fully saturated rings. The molecule has 0 saturated heterocycles. The van der Waals surface area contributed by atoms with Gasteiger partial charge in [0.2, 0.25) is 5.91 Å². The molecule has 28 heavy (non-hydrogen) atoms. The van der Waals surface area contributed by atoms with Gasteiger partial charge in [0, 0.05) is 30.8 Å². The van der Waals surface area contributed by atoms with Gasteiger partial charge in [-0.1, -0.05) is 36.8 Å². The number of H-pyrrole nitrogens is 1. The van der Waals surface area contributed by atoms with Crippen molar-refractivity contribution in [2.24, 2.45) is 11.8 Å². The van der Waals surface area contributed by atoms with E-state index in [0.29, 0.717) is 19.3 Å². The van der Waals surface area contributed by atoms with E-state index in [4.69, 9.17) is 5.11 Å². The Morgan fingerprint density at radius 2 is 1.89 bits per heavy atom. The van der Waals surface area contributed by atoms with Gasteiger partial charge in [-0.2, -0.15) is 5.10 Å². The second kappa shape index (κ2) is 9.53. The number of amides is 1. The number of rotatable bonds is 9. The van der Waals surface area contributed by atoms with Crippen molar-refractivity contribution in [3.63, 3.8) is 0 Å². The van der Waals surface area contributed by atoms with Crippen LogP contribution in [0.2, 0.25) is 0 Å². The van der Waals surface area contributed by atoms with Gasteiger partial charge < -0.3 is 10.0 Å². The molecule has 0 spiro atoms. The lowest BCUT2D eigenvalue weighted by molar-refractivity contribution is -0.141. The maximum Gasteiger partial charge on any atom is 0.306 e. The maximum absolute atomic E-state index is 12.5. The molecule has 1 heterocycles. The SMILES string of the molecule is CN(CCCCCc1cc(-c2ccccc2)n[nH]1)C(=O)[C@@H]1CC[C@H](C(=O)O)C1. The first-order chi connectivity index (χ1) is 13.5. The topological polar surface area (TPSA) is 86.3 Å². The normalized spacial score (nSPS) is 18.9.